The van der Waals surface area contributed by atoms with E-state index in [9.17, 15) is 24.3 Å². The average Bonchev–Trinajstić information content (AvgIpc) is 3.59. The van der Waals surface area contributed by atoms with Crippen molar-refractivity contribution in [3.05, 3.63) is 112 Å². The predicted octanol–water partition coefficient (Wildman–Crippen LogP) is 6.45. The zero-order valence-corrected chi connectivity index (χ0v) is 25.5. The fourth-order valence-corrected chi connectivity index (χ4v) is 7.90. The molecule has 2 heterocycles. The summed E-state index contributed by atoms with van der Waals surface area (Å²) in [5.41, 5.74) is 6.83. The highest BCUT2D eigenvalue weighted by Crippen LogP contribution is 2.55. The van der Waals surface area contributed by atoms with Gasteiger partial charge in [0.1, 0.15) is 11.3 Å². The maximum atomic E-state index is 14.3. The Labute approximate surface area is 264 Å². The quantitative estimate of drug-likeness (QED) is 0.161. The topological polar surface area (TPSA) is 118 Å². The zero-order valence-electron chi connectivity index (χ0n) is 25.5. The van der Waals surface area contributed by atoms with Crippen molar-refractivity contribution in [2.75, 3.05) is 4.90 Å². The largest absolute Gasteiger partial charge is 0.507 e. The number of fused-ring (bicyclic) bond motifs is 4. The maximum absolute atomic E-state index is 14.3. The summed E-state index contributed by atoms with van der Waals surface area (Å²) in [7, 11) is 0. The minimum absolute atomic E-state index is 0.180. The first-order valence-corrected chi connectivity index (χ1v) is 15.5. The fraction of sp³-hybridized carbons (Fsp3) is 0.237. The van der Waals surface area contributed by atoms with Crippen molar-refractivity contribution < 1.29 is 28.7 Å². The maximum Gasteiger partial charge on any atom is 0.238 e. The Kier molecular flexibility index (Phi) is 6.16. The summed E-state index contributed by atoms with van der Waals surface area (Å²) in [6.07, 6.45) is 3.96. The number of carbonyl (C=O) groups excluding carboxylic acids is 4. The lowest BCUT2D eigenvalue weighted by Crippen LogP contribution is -2.39. The van der Waals surface area contributed by atoms with Gasteiger partial charge in [-0.15, -0.1) is 0 Å². The van der Waals surface area contributed by atoms with E-state index in [0.29, 0.717) is 51.4 Å². The predicted molar refractivity (Wildman–Crippen MR) is 171 cm³/mol. The van der Waals surface area contributed by atoms with Crippen molar-refractivity contribution >= 4 is 40.2 Å². The summed E-state index contributed by atoms with van der Waals surface area (Å²) in [5, 5.41) is 10.5. The van der Waals surface area contributed by atoms with Crippen LogP contribution in [0.2, 0.25) is 0 Å². The normalized spacial score (nSPS) is 24.2. The minimum Gasteiger partial charge on any atom is -0.507 e. The van der Waals surface area contributed by atoms with Crippen LogP contribution in [0.1, 0.15) is 42.4 Å². The lowest BCUT2D eigenvalue weighted by atomic mass is 9.59. The molecule has 228 valence electrons. The molecule has 2 amide bonds. The third kappa shape index (κ3) is 4.02. The number of anilines is 1. The van der Waals surface area contributed by atoms with Crippen molar-refractivity contribution in [2.24, 2.45) is 17.8 Å². The fourth-order valence-electron chi connectivity index (χ4n) is 7.90. The standard InChI is InChI=1S/C38H30N2O6/c1-18-14-22(15-19(2)34(18)42)31-24-12-13-25-32(26(24)17-27-29(41)16-20(3)35(43)33(27)31)38(45)40(37(25)44)23-10-8-21(9-11-23)36-39-28-6-4-5-7-30(28)46-36/h4-12,14-16,25-26,31-32,42H,13,17H2,1-3H3. The van der Waals surface area contributed by atoms with Crippen LogP contribution in [0.25, 0.3) is 22.6 Å². The second-order valence-corrected chi connectivity index (χ2v) is 12.8. The Morgan fingerprint density at radius 1 is 0.891 bits per heavy atom. The number of nitrogens with zero attached hydrogens (tertiary/aromatic N) is 2. The van der Waals surface area contributed by atoms with E-state index in [1.807, 2.05) is 42.5 Å². The first kappa shape index (κ1) is 28.1. The van der Waals surface area contributed by atoms with Crippen molar-refractivity contribution in [3.8, 4) is 17.2 Å². The molecule has 0 spiro atoms. The number of oxazole rings is 1. The summed E-state index contributed by atoms with van der Waals surface area (Å²) in [6, 6.07) is 18.2. The summed E-state index contributed by atoms with van der Waals surface area (Å²) < 4.78 is 5.89. The van der Waals surface area contributed by atoms with Gasteiger partial charge in [0, 0.05) is 28.2 Å². The molecule has 3 aromatic carbocycles. The number of hydrogen-bond acceptors (Lipinski definition) is 7. The number of hydrogen-bond donors (Lipinski definition) is 1. The second kappa shape index (κ2) is 10.1. The smallest absolute Gasteiger partial charge is 0.238 e. The molecule has 4 aromatic rings. The van der Waals surface area contributed by atoms with Gasteiger partial charge in [0.2, 0.25) is 17.7 Å². The molecule has 1 aliphatic heterocycles. The van der Waals surface area contributed by atoms with Crippen LogP contribution in [0, 0.1) is 31.6 Å². The van der Waals surface area contributed by atoms with Crippen LogP contribution < -0.4 is 4.90 Å². The van der Waals surface area contributed by atoms with E-state index in [2.05, 4.69) is 4.98 Å². The lowest BCUT2D eigenvalue weighted by Gasteiger charge is -2.42. The van der Waals surface area contributed by atoms with E-state index >= 15 is 0 Å². The first-order chi connectivity index (χ1) is 22.1. The van der Waals surface area contributed by atoms with Crippen LogP contribution in [-0.4, -0.2) is 33.5 Å². The Hall–Kier alpha value is -5.37. The molecular weight excluding hydrogens is 580 g/mol. The number of carbonyl (C=O) groups is 4. The van der Waals surface area contributed by atoms with Gasteiger partial charge in [-0.1, -0.05) is 35.9 Å². The number of aryl methyl sites for hydroxylation is 2. The molecule has 0 saturated carbocycles. The molecule has 46 heavy (non-hydrogen) atoms. The number of Topliss-reactive ketones (excluding diaryl/α,β-unsaturated/α-hetero) is 1. The van der Waals surface area contributed by atoms with Gasteiger partial charge in [0.05, 0.1) is 17.5 Å². The van der Waals surface area contributed by atoms with Gasteiger partial charge in [-0.3, -0.25) is 24.1 Å². The third-order valence-corrected chi connectivity index (χ3v) is 10.1. The number of aromatic hydroxyl groups is 1. The Balaban J connectivity index is 1.17. The van der Waals surface area contributed by atoms with E-state index < -0.39 is 23.7 Å². The highest BCUT2D eigenvalue weighted by atomic mass is 16.3. The van der Waals surface area contributed by atoms with Gasteiger partial charge >= 0.3 is 0 Å². The van der Waals surface area contributed by atoms with Gasteiger partial charge in [-0.05, 0) is 98.7 Å². The van der Waals surface area contributed by atoms with Crippen molar-refractivity contribution in [1.82, 2.24) is 4.98 Å². The monoisotopic (exact) mass is 610 g/mol. The van der Waals surface area contributed by atoms with Crippen molar-refractivity contribution in [3.63, 3.8) is 0 Å². The van der Waals surface area contributed by atoms with Gasteiger partial charge in [-0.2, -0.15) is 0 Å². The van der Waals surface area contributed by atoms with E-state index in [1.54, 1.807) is 45.0 Å². The molecule has 8 heteroatoms. The second-order valence-electron chi connectivity index (χ2n) is 12.8. The Morgan fingerprint density at radius 2 is 1.61 bits per heavy atom. The first-order valence-electron chi connectivity index (χ1n) is 15.5. The molecule has 4 unspecified atom stereocenters. The Bertz CT molecular complexity index is 2090. The SMILES string of the molecule is CC1=CC(=O)C2=C(C1=O)C(c1cc(C)c(O)c(C)c1)C1=CCC3C(=O)N(c4ccc(-c5nc6ccccc6o5)cc4)C(=O)C3C1C2. The van der Waals surface area contributed by atoms with Crippen molar-refractivity contribution in [2.45, 2.75) is 39.5 Å². The minimum atomic E-state index is -0.671. The molecular formula is C38H30N2O6. The molecule has 3 aliphatic carbocycles. The van der Waals surface area contributed by atoms with E-state index in [4.69, 9.17) is 4.42 Å². The summed E-state index contributed by atoms with van der Waals surface area (Å²) in [4.78, 5) is 61.1. The molecule has 4 atom stereocenters. The molecule has 8 rings (SSSR count). The summed E-state index contributed by atoms with van der Waals surface area (Å²) in [5.74, 6) is -2.58. The number of phenols is 1. The average molecular weight is 611 g/mol. The number of imide groups is 1. The number of allylic oxidation sites excluding steroid dienone is 6. The molecule has 4 aliphatic rings. The third-order valence-electron chi connectivity index (χ3n) is 10.1. The van der Waals surface area contributed by atoms with E-state index in [-0.39, 0.29) is 35.6 Å². The molecule has 1 saturated heterocycles. The summed E-state index contributed by atoms with van der Waals surface area (Å²) >= 11 is 0. The zero-order chi connectivity index (χ0) is 32.0. The number of amides is 2. The number of aromatic nitrogens is 1. The molecule has 0 radical (unpaired) electrons. The van der Waals surface area contributed by atoms with Crippen LogP contribution in [0.15, 0.2) is 99.5 Å². The number of para-hydroxylation sites is 2. The number of ketones is 2. The summed E-state index contributed by atoms with van der Waals surface area (Å²) in [6.45, 7) is 5.26. The molecule has 1 aromatic heterocycles. The number of phenolic OH excluding ortho intramolecular Hbond substituents is 1. The highest BCUT2D eigenvalue weighted by Gasteiger charge is 2.56. The van der Waals surface area contributed by atoms with Crippen molar-refractivity contribution in [1.29, 1.82) is 0 Å². The highest BCUT2D eigenvalue weighted by molar-refractivity contribution is 6.25. The van der Waals surface area contributed by atoms with Crippen LogP contribution in [-0.2, 0) is 19.2 Å². The van der Waals surface area contributed by atoms with Gasteiger partial charge in [0.25, 0.3) is 0 Å². The van der Waals surface area contributed by atoms with E-state index in [0.717, 1.165) is 22.2 Å². The lowest BCUT2D eigenvalue weighted by molar-refractivity contribution is -0.123. The van der Waals surface area contributed by atoms with E-state index in [1.165, 1.54) is 11.0 Å². The molecule has 1 fully saturated rings. The van der Waals surface area contributed by atoms with Gasteiger partial charge in [0.15, 0.2) is 17.1 Å². The van der Waals surface area contributed by atoms with Crippen LogP contribution >= 0.6 is 0 Å². The van der Waals surface area contributed by atoms with Crippen LogP contribution in [0.3, 0.4) is 0 Å². The van der Waals surface area contributed by atoms with Crippen LogP contribution in [0.4, 0.5) is 5.69 Å². The Morgan fingerprint density at radius 3 is 2.33 bits per heavy atom. The van der Waals surface area contributed by atoms with Gasteiger partial charge in [-0.25, -0.2) is 4.98 Å². The number of benzene rings is 3. The number of rotatable bonds is 3. The van der Waals surface area contributed by atoms with Crippen LogP contribution in [0.5, 0.6) is 5.75 Å². The molecule has 8 nitrogen and oxygen atoms in total. The molecule has 1 N–H and O–H groups in total. The van der Waals surface area contributed by atoms with Gasteiger partial charge < -0.3 is 9.52 Å². The molecule has 0 bridgehead atoms.